The number of hydrogen-bond donors (Lipinski definition) is 1. The lowest BCUT2D eigenvalue weighted by atomic mass is 9.86. The fourth-order valence-corrected chi connectivity index (χ4v) is 1.75. The van der Waals surface area contributed by atoms with Crippen molar-refractivity contribution in [1.29, 1.82) is 0 Å². The number of nitrogens with two attached hydrogens (primary N) is 1. The average molecular weight is 213 g/mol. The summed E-state index contributed by atoms with van der Waals surface area (Å²) in [5.41, 5.74) is 7.61. The Labute approximate surface area is 93.3 Å². The van der Waals surface area contributed by atoms with E-state index in [1.54, 1.807) is 24.3 Å². The van der Waals surface area contributed by atoms with Crippen LogP contribution < -0.4 is 5.73 Å². The quantitative estimate of drug-likeness (QED) is 0.596. The molecule has 80 valence electrons. The molecule has 0 aliphatic heterocycles. The monoisotopic (exact) mass is 213 g/mol. The Morgan fingerprint density at radius 1 is 1.19 bits per heavy atom. The summed E-state index contributed by atoms with van der Waals surface area (Å²) in [6.07, 6.45) is 2.85. The van der Waals surface area contributed by atoms with Crippen LogP contribution in [0.1, 0.15) is 15.9 Å². The van der Waals surface area contributed by atoms with Gasteiger partial charge in [-0.2, -0.15) is 0 Å². The van der Waals surface area contributed by atoms with E-state index in [1.807, 2.05) is 6.07 Å². The lowest BCUT2D eigenvalue weighted by Crippen LogP contribution is -2.26. The smallest absolute Gasteiger partial charge is 0.233 e. The molecule has 0 fully saturated rings. The molecule has 16 heavy (non-hydrogen) atoms. The number of allylic oxidation sites excluding steroid dienone is 1. The second kappa shape index (κ2) is 3.87. The maximum atomic E-state index is 11.6. The molecule has 3 nitrogen and oxygen atoms in total. The largest absolute Gasteiger partial charge is 0.321 e. The van der Waals surface area contributed by atoms with Crippen LogP contribution in [0.15, 0.2) is 43.0 Å². The van der Waals surface area contributed by atoms with Gasteiger partial charge in [0.1, 0.15) is 0 Å². The van der Waals surface area contributed by atoms with Crippen molar-refractivity contribution in [1.82, 2.24) is 0 Å². The molecule has 1 aliphatic carbocycles. The zero-order chi connectivity index (χ0) is 11.7. The molecule has 3 heteroatoms. The summed E-state index contributed by atoms with van der Waals surface area (Å²) in [7, 11) is 0. The van der Waals surface area contributed by atoms with Crippen molar-refractivity contribution >= 4 is 17.1 Å². The molecule has 1 aromatic carbocycles. The van der Waals surface area contributed by atoms with E-state index in [-0.39, 0.29) is 0 Å². The summed E-state index contributed by atoms with van der Waals surface area (Å²) in [6.45, 7) is 3.59. The first kappa shape index (κ1) is 10.5. The number of hydrogen-bond acceptors (Lipinski definition) is 3. The van der Waals surface area contributed by atoms with E-state index in [9.17, 15) is 9.59 Å². The first-order valence-electron chi connectivity index (χ1n) is 4.93. The third-order valence-corrected chi connectivity index (χ3v) is 2.61. The van der Waals surface area contributed by atoms with Crippen molar-refractivity contribution in [2.45, 2.75) is 6.04 Å². The Balaban J connectivity index is 2.64. The molecular formula is C13H11NO2. The second-order valence-electron chi connectivity index (χ2n) is 3.60. The van der Waals surface area contributed by atoms with Crippen LogP contribution >= 0.6 is 0 Å². The highest BCUT2D eigenvalue weighted by molar-refractivity contribution is 6.50. The van der Waals surface area contributed by atoms with Crippen molar-refractivity contribution in [2.75, 3.05) is 0 Å². The molecule has 2 rings (SSSR count). The topological polar surface area (TPSA) is 60.2 Å². The van der Waals surface area contributed by atoms with Gasteiger partial charge in [-0.3, -0.25) is 9.59 Å². The Morgan fingerprint density at radius 3 is 2.44 bits per heavy atom. The highest BCUT2D eigenvalue weighted by Gasteiger charge is 2.26. The van der Waals surface area contributed by atoms with Crippen LogP contribution in [0, 0.1) is 0 Å². The number of benzene rings is 1. The summed E-state index contributed by atoms with van der Waals surface area (Å²) < 4.78 is 0. The van der Waals surface area contributed by atoms with Crippen LogP contribution in [0.2, 0.25) is 0 Å². The van der Waals surface area contributed by atoms with Gasteiger partial charge >= 0.3 is 0 Å². The van der Waals surface area contributed by atoms with Crippen molar-refractivity contribution in [3.63, 3.8) is 0 Å². The molecule has 0 saturated heterocycles. The van der Waals surface area contributed by atoms with E-state index >= 15 is 0 Å². The summed E-state index contributed by atoms with van der Waals surface area (Å²) >= 11 is 0. The fourth-order valence-electron chi connectivity index (χ4n) is 1.75. The van der Waals surface area contributed by atoms with Gasteiger partial charge in [0.05, 0.1) is 0 Å². The van der Waals surface area contributed by atoms with Gasteiger partial charge < -0.3 is 5.73 Å². The number of carbonyl (C=O) groups is 2. The van der Waals surface area contributed by atoms with Gasteiger partial charge in [0.25, 0.3) is 0 Å². The third-order valence-electron chi connectivity index (χ3n) is 2.61. The molecule has 0 saturated carbocycles. The molecule has 0 radical (unpaired) electrons. The molecule has 2 N–H and O–H groups in total. The average Bonchev–Trinajstić information content (AvgIpc) is 2.33. The number of ketones is 2. The molecule has 1 atom stereocenters. The van der Waals surface area contributed by atoms with Crippen LogP contribution in [0.4, 0.5) is 0 Å². The summed E-state index contributed by atoms with van der Waals surface area (Å²) in [4.78, 5) is 23.1. The van der Waals surface area contributed by atoms with Gasteiger partial charge in [-0.05, 0) is 17.2 Å². The third kappa shape index (κ3) is 1.51. The van der Waals surface area contributed by atoms with E-state index in [0.717, 1.165) is 5.56 Å². The predicted molar refractivity (Wildman–Crippen MR) is 61.9 cm³/mol. The predicted octanol–water partition coefficient (Wildman–Crippen LogP) is 1.35. The first-order chi connectivity index (χ1) is 7.65. The molecular weight excluding hydrogens is 202 g/mol. The summed E-state index contributed by atoms with van der Waals surface area (Å²) in [5, 5.41) is 0. The molecule has 1 aliphatic rings. The number of fused-ring (bicyclic) bond motifs is 1. The SMILES string of the molecule is C=CC(N)C1=CC(=O)C(=O)c2ccccc21. The Bertz CT molecular complexity index is 514. The Morgan fingerprint density at radius 2 is 1.81 bits per heavy atom. The van der Waals surface area contributed by atoms with Gasteiger partial charge in [-0.25, -0.2) is 0 Å². The van der Waals surface area contributed by atoms with Gasteiger partial charge in [0.2, 0.25) is 11.6 Å². The lowest BCUT2D eigenvalue weighted by molar-refractivity contribution is -0.111. The number of carbonyl (C=O) groups excluding carboxylic acids is 2. The first-order valence-corrected chi connectivity index (χ1v) is 4.93. The van der Waals surface area contributed by atoms with Crippen LogP contribution in [0.3, 0.4) is 0 Å². The fraction of sp³-hybridized carbons (Fsp3) is 0.0769. The number of rotatable bonds is 2. The molecule has 1 aromatic rings. The zero-order valence-electron chi connectivity index (χ0n) is 8.64. The van der Waals surface area contributed by atoms with Crippen molar-refractivity contribution in [3.05, 3.63) is 54.1 Å². The Kier molecular flexibility index (Phi) is 2.54. The highest BCUT2D eigenvalue weighted by atomic mass is 16.2. The van der Waals surface area contributed by atoms with Crippen molar-refractivity contribution in [2.24, 2.45) is 5.73 Å². The Hall–Kier alpha value is -2.00. The van der Waals surface area contributed by atoms with Gasteiger partial charge in [0.15, 0.2) is 0 Å². The van der Waals surface area contributed by atoms with Gasteiger partial charge in [-0.15, -0.1) is 6.58 Å². The van der Waals surface area contributed by atoms with E-state index in [0.29, 0.717) is 11.1 Å². The normalized spacial score (nSPS) is 16.4. The second-order valence-corrected chi connectivity index (χ2v) is 3.60. The molecule has 0 spiro atoms. The summed E-state index contributed by atoms with van der Waals surface area (Å²) in [6, 6.07) is 6.53. The van der Waals surface area contributed by atoms with Crippen molar-refractivity contribution in [3.8, 4) is 0 Å². The lowest BCUT2D eigenvalue weighted by Gasteiger charge is -2.18. The standard InChI is InChI=1S/C13H11NO2/c1-2-11(14)10-7-12(15)13(16)9-6-4-3-5-8(9)10/h2-7,11H,1,14H2. The van der Waals surface area contributed by atoms with Gasteiger partial charge in [-0.1, -0.05) is 30.3 Å². The highest BCUT2D eigenvalue weighted by Crippen LogP contribution is 2.26. The number of Topliss-reactive ketones (excluding diaryl/α,β-unsaturated/α-hetero) is 1. The minimum absolute atomic E-state index is 0.419. The minimum atomic E-state index is -0.522. The molecule has 0 aromatic heterocycles. The zero-order valence-corrected chi connectivity index (χ0v) is 8.64. The van der Waals surface area contributed by atoms with E-state index in [4.69, 9.17) is 5.73 Å². The molecule has 0 bridgehead atoms. The molecule has 0 heterocycles. The molecule has 1 unspecified atom stereocenters. The van der Waals surface area contributed by atoms with Crippen molar-refractivity contribution < 1.29 is 9.59 Å². The van der Waals surface area contributed by atoms with E-state index < -0.39 is 17.6 Å². The minimum Gasteiger partial charge on any atom is -0.321 e. The van der Waals surface area contributed by atoms with Gasteiger partial charge in [0, 0.05) is 11.6 Å². The van der Waals surface area contributed by atoms with Crippen LogP contribution in [0.25, 0.3) is 5.57 Å². The van der Waals surface area contributed by atoms with E-state index in [1.165, 1.54) is 6.08 Å². The van der Waals surface area contributed by atoms with E-state index in [2.05, 4.69) is 6.58 Å². The van der Waals surface area contributed by atoms with Crippen LogP contribution in [0.5, 0.6) is 0 Å². The maximum Gasteiger partial charge on any atom is 0.233 e. The summed E-state index contributed by atoms with van der Waals surface area (Å²) in [5.74, 6) is -0.999. The van der Waals surface area contributed by atoms with Crippen LogP contribution in [-0.4, -0.2) is 17.6 Å². The van der Waals surface area contributed by atoms with Crippen LogP contribution in [-0.2, 0) is 4.79 Å². The molecule has 0 amide bonds. The maximum absolute atomic E-state index is 11.6.